The van der Waals surface area contributed by atoms with Gasteiger partial charge in [0, 0.05) is 18.9 Å². The van der Waals surface area contributed by atoms with Gasteiger partial charge < -0.3 is 15.0 Å². The molecule has 0 aromatic heterocycles. The van der Waals surface area contributed by atoms with Crippen molar-refractivity contribution in [2.24, 2.45) is 0 Å². The van der Waals surface area contributed by atoms with Gasteiger partial charge in [-0.1, -0.05) is 13.0 Å². The molecule has 2 amide bonds. The minimum absolute atomic E-state index is 0.0329. The standard InChI is InChI=1S/C17H24N2O3/c1-4-13(3)18-16(20)7-8-17(21)19-9-10-22-15-6-5-12(2)11-14(15)19/h5-6,11,13H,4,7-10H2,1-3H3,(H,18,20). The molecule has 0 saturated carbocycles. The first-order valence-electron chi connectivity index (χ1n) is 7.84. The molecule has 0 saturated heterocycles. The number of anilines is 1. The molecule has 0 fully saturated rings. The number of fused-ring (bicyclic) bond motifs is 1. The number of amides is 2. The molecule has 1 heterocycles. The molecule has 0 aliphatic carbocycles. The Morgan fingerprint density at radius 3 is 2.86 bits per heavy atom. The van der Waals surface area contributed by atoms with Gasteiger partial charge >= 0.3 is 0 Å². The lowest BCUT2D eigenvalue weighted by atomic mass is 10.1. The maximum Gasteiger partial charge on any atom is 0.227 e. The molecule has 120 valence electrons. The van der Waals surface area contributed by atoms with Crippen molar-refractivity contribution in [2.75, 3.05) is 18.1 Å². The third-order valence-corrected chi connectivity index (χ3v) is 3.86. The Labute approximate surface area is 131 Å². The second-order valence-electron chi connectivity index (χ2n) is 5.74. The lowest BCUT2D eigenvalue weighted by molar-refractivity contribution is -0.125. The molecule has 1 aliphatic heterocycles. The summed E-state index contributed by atoms with van der Waals surface area (Å²) >= 11 is 0. The Morgan fingerprint density at radius 1 is 1.36 bits per heavy atom. The number of aryl methyl sites for hydroxylation is 1. The largest absolute Gasteiger partial charge is 0.490 e. The van der Waals surface area contributed by atoms with Gasteiger partial charge in [0.05, 0.1) is 12.2 Å². The van der Waals surface area contributed by atoms with Gasteiger partial charge in [0.15, 0.2) is 0 Å². The molecule has 5 nitrogen and oxygen atoms in total. The summed E-state index contributed by atoms with van der Waals surface area (Å²) in [5.74, 6) is 0.629. The molecule has 1 atom stereocenters. The zero-order valence-corrected chi connectivity index (χ0v) is 13.5. The van der Waals surface area contributed by atoms with Gasteiger partial charge in [-0.15, -0.1) is 0 Å². The van der Waals surface area contributed by atoms with Crippen LogP contribution in [-0.4, -0.2) is 31.0 Å². The average molecular weight is 304 g/mol. The maximum atomic E-state index is 12.4. The molecule has 0 spiro atoms. The van der Waals surface area contributed by atoms with E-state index in [4.69, 9.17) is 4.74 Å². The first-order chi connectivity index (χ1) is 10.5. The summed E-state index contributed by atoms with van der Waals surface area (Å²) in [6.07, 6.45) is 1.33. The Bertz CT molecular complexity index is 557. The highest BCUT2D eigenvalue weighted by atomic mass is 16.5. The van der Waals surface area contributed by atoms with Crippen LogP contribution in [0.2, 0.25) is 0 Å². The molecule has 0 radical (unpaired) electrons. The molecule has 1 unspecified atom stereocenters. The van der Waals surface area contributed by atoms with Crippen LogP contribution >= 0.6 is 0 Å². The summed E-state index contributed by atoms with van der Waals surface area (Å²) in [7, 11) is 0. The number of carbonyl (C=O) groups is 2. The lowest BCUT2D eigenvalue weighted by Gasteiger charge is -2.30. The fourth-order valence-corrected chi connectivity index (χ4v) is 2.39. The van der Waals surface area contributed by atoms with E-state index in [1.807, 2.05) is 39.0 Å². The number of ether oxygens (including phenoxy) is 1. The smallest absolute Gasteiger partial charge is 0.227 e. The van der Waals surface area contributed by atoms with Crippen LogP contribution in [0.1, 0.15) is 38.7 Å². The SMILES string of the molecule is CCC(C)NC(=O)CCC(=O)N1CCOc2ccc(C)cc21. The van der Waals surface area contributed by atoms with Crippen molar-refractivity contribution in [1.82, 2.24) is 5.32 Å². The highest BCUT2D eigenvalue weighted by molar-refractivity contribution is 5.97. The van der Waals surface area contributed by atoms with E-state index >= 15 is 0 Å². The van der Waals surface area contributed by atoms with Gasteiger partial charge in [-0.25, -0.2) is 0 Å². The number of benzene rings is 1. The van der Waals surface area contributed by atoms with E-state index in [9.17, 15) is 9.59 Å². The minimum atomic E-state index is -0.0691. The fraction of sp³-hybridized carbons (Fsp3) is 0.529. The van der Waals surface area contributed by atoms with E-state index in [-0.39, 0.29) is 30.7 Å². The van der Waals surface area contributed by atoms with Gasteiger partial charge in [-0.3, -0.25) is 9.59 Å². The third-order valence-electron chi connectivity index (χ3n) is 3.86. The predicted octanol–water partition coefficient (Wildman–Crippen LogP) is 2.42. The number of carbonyl (C=O) groups excluding carboxylic acids is 2. The normalized spacial score (nSPS) is 14.8. The quantitative estimate of drug-likeness (QED) is 0.909. The molecule has 2 rings (SSSR count). The fourth-order valence-electron chi connectivity index (χ4n) is 2.39. The van der Waals surface area contributed by atoms with E-state index in [2.05, 4.69) is 5.32 Å². The van der Waals surface area contributed by atoms with Gasteiger partial charge in [0.2, 0.25) is 11.8 Å². The van der Waals surface area contributed by atoms with Crippen molar-refractivity contribution in [3.05, 3.63) is 23.8 Å². The second-order valence-corrected chi connectivity index (χ2v) is 5.74. The topological polar surface area (TPSA) is 58.6 Å². The summed E-state index contributed by atoms with van der Waals surface area (Å²) in [4.78, 5) is 25.9. The molecular formula is C17H24N2O3. The van der Waals surface area contributed by atoms with Gasteiger partial charge in [-0.05, 0) is 38.0 Å². The summed E-state index contributed by atoms with van der Waals surface area (Å²) in [5.41, 5.74) is 1.88. The van der Waals surface area contributed by atoms with Crippen LogP contribution in [0.5, 0.6) is 5.75 Å². The zero-order valence-electron chi connectivity index (χ0n) is 13.5. The van der Waals surface area contributed by atoms with Crippen LogP contribution in [0.15, 0.2) is 18.2 Å². The average Bonchev–Trinajstić information content (AvgIpc) is 2.51. The Hall–Kier alpha value is -2.04. The van der Waals surface area contributed by atoms with Crippen molar-refractivity contribution in [3.63, 3.8) is 0 Å². The Balaban J connectivity index is 1.97. The van der Waals surface area contributed by atoms with Crippen molar-refractivity contribution in [3.8, 4) is 5.75 Å². The molecule has 22 heavy (non-hydrogen) atoms. The van der Waals surface area contributed by atoms with Crippen molar-refractivity contribution < 1.29 is 14.3 Å². The molecule has 1 aromatic rings. The zero-order chi connectivity index (χ0) is 16.1. The summed E-state index contributed by atoms with van der Waals surface area (Å²) in [6, 6.07) is 5.95. The lowest BCUT2D eigenvalue weighted by Crippen LogP contribution is -2.39. The first kappa shape index (κ1) is 16.3. The van der Waals surface area contributed by atoms with E-state index in [0.717, 1.165) is 23.4 Å². The highest BCUT2D eigenvalue weighted by Gasteiger charge is 2.24. The summed E-state index contributed by atoms with van der Waals surface area (Å²) in [6.45, 7) is 6.98. The van der Waals surface area contributed by atoms with E-state index in [1.54, 1.807) is 4.90 Å². The van der Waals surface area contributed by atoms with E-state index < -0.39 is 0 Å². The second kappa shape index (κ2) is 7.29. The Morgan fingerprint density at radius 2 is 2.14 bits per heavy atom. The number of hydrogen-bond acceptors (Lipinski definition) is 3. The van der Waals surface area contributed by atoms with Gasteiger partial charge in [-0.2, -0.15) is 0 Å². The number of nitrogens with zero attached hydrogens (tertiary/aromatic N) is 1. The maximum absolute atomic E-state index is 12.4. The number of rotatable bonds is 5. The molecule has 1 aromatic carbocycles. The van der Waals surface area contributed by atoms with Crippen LogP contribution in [0.25, 0.3) is 0 Å². The predicted molar refractivity (Wildman–Crippen MR) is 86.2 cm³/mol. The Kier molecular flexibility index (Phi) is 5.41. The van der Waals surface area contributed by atoms with Crippen LogP contribution in [0.4, 0.5) is 5.69 Å². The first-order valence-corrected chi connectivity index (χ1v) is 7.84. The molecular weight excluding hydrogens is 280 g/mol. The van der Waals surface area contributed by atoms with Crippen molar-refractivity contribution in [2.45, 2.75) is 46.1 Å². The van der Waals surface area contributed by atoms with E-state index in [1.165, 1.54) is 0 Å². The molecule has 1 N–H and O–H groups in total. The molecule has 0 bridgehead atoms. The monoisotopic (exact) mass is 304 g/mol. The minimum Gasteiger partial charge on any atom is -0.490 e. The van der Waals surface area contributed by atoms with E-state index in [0.29, 0.717) is 13.2 Å². The summed E-state index contributed by atoms with van der Waals surface area (Å²) < 4.78 is 5.58. The van der Waals surface area contributed by atoms with Crippen molar-refractivity contribution in [1.29, 1.82) is 0 Å². The van der Waals surface area contributed by atoms with Crippen LogP contribution in [-0.2, 0) is 9.59 Å². The summed E-state index contributed by atoms with van der Waals surface area (Å²) in [5, 5.41) is 2.88. The van der Waals surface area contributed by atoms with Gasteiger partial charge in [0.25, 0.3) is 0 Å². The van der Waals surface area contributed by atoms with Crippen LogP contribution < -0.4 is 15.0 Å². The number of nitrogens with one attached hydrogen (secondary N) is 1. The van der Waals surface area contributed by atoms with Crippen LogP contribution in [0.3, 0.4) is 0 Å². The van der Waals surface area contributed by atoms with Gasteiger partial charge in [0.1, 0.15) is 12.4 Å². The third kappa shape index (κ3) is 4.00. The molecule has 5 heteroatoms. The molecule has 1 aliphatic rings. The highest BCUT2D eigenvalue weighted by Crippen LogP contribution is 2.32. The van der Waals surface area contributed by atoms with Crippen LogP contribution in [0, 0.1) is 6.92 Å². The van der Waals surface area contributed by atoms with Crippen molar-refractivity contribution >= 4 is 17.5 Å². The number of hydrogen-bond donors (Lipinski definition) is 1.